The van der Waals surface area contributed by atoms with E-state index in [0.717, 1.165) is 12.2 Å². The Labute approximate surface area is 149 Å². The van der Waals surface area contributed by atoms with Crippen molar-refractivity contribution in [2.75, 3.05) is 6.54 Å². The van der Waals surface area contributed by atoms with Crippen LogP contribution in [0.15, 0.2) is 18.2 Å². The van der Waals surface area contributed by atoms with Gasteiger partial charge < -0.3 is 14.8 Å². The number of carbonyl (C=O) groups is 1. The molecule has 0 spiro atoms. The van der Waals surface area contributed by atoms with Crippen molar-refractivity contribution in [1.82, 2.24) is 5.32 Å². The van der Waals surface area contributed by atoms with Crippen LogP contribution in [0, 0.1) is 5.92 Å². The smallest absolute Gasteiger partial charge is 0.420 e. The van der Waals surface area contributed by atoms with Crippen molar-refractivity contribution in [3.05, 3.63) is 29.3 Å². The summed E-state index contributed by atoms with van der Waals surface area (Å²) in [7, 11) is 0. The minimum Gasteiger partial charge on any atom is -0.431 e. The second-order valence-corrected chi connectivity index (χ2v) is 5.62. The largest absolute Gasteiger partial charge is 0.431 e. The van der Waals surface area contributed by atoms with Crippen LogP contribution in [0.1, 0.15) is 25.0 Å². The summed E-state index contributed by atoms with van der Waals surface area (Å²) in [5.74, 6) is -3.32. The lowest BCUT2D eigenvalue weighted by atomic mass is 10.1. The number of hydrogen-bond donors (Lipinski definition) is 1. The molecule has 4 nitrogen and oxygen atoms in total. The van der Waals surface area contributed by atoms with Crippen LogP contribution in [0.3, 0.4) is 0 Å². The van der Waals surface area contributed by atoms with Crippen LogP contribution >= 0.6 is 0 Å². The number of rotatable bonds is 8. The molecule has 0 heterocycles. The van der Waals surface area contributed by atoms with E-state index in [2.05, 4.69) is 14.8 Å². The molecule has 0 aliphatic carbocycles. The van der Waals surface area contributed by atoms with Gasteiger partial charge in [-0.25, -0.2) is 0 Å². The molecule has 1 aromatic rings. The Bertz CT molecular complexity index is 673. The Morgan fingerprint density at radius 1 is 1.11 bits per heavy atom. The second kappa shape index (κ2) is 9.47. The topological polar surface area (TPSA) is 47.6 Å². The summed E-state index contributed by atoms with van der Waals surface area (Å²) in [6.07, 6.45) is -3.43. The summed E-state index contributed by atoms with van der Waals surface area (Å²) in [6, 6.07) is 1.01. The maximum atomic E-state index is 13.1. The second-order valence-electron chi connectivity index (χ2n) is 5.62. The molecule has 1 N–H and O–H groups in total. The van der Waals surface area contributed by atoms with Gasteiger partial charge in [-0.3, -0.25) is 4.79 Å². The van der Waals surface area contributed by atoms with E-state index in [-0.39, 0.29) is 11.5 Å². The predicted octanol–water partition coefficient (Wildman–Crippen LogP) is 4.69. The average molecular weight is 403 g/mol. The molecular formula is C16H16F7NO3. The highest BCUT2D eigenvalue weighted by atomic mass is 19.4. The van der Waals surface area contributed by atoms with Gasteiger partial charge in [0.1, 0.15) is 5.56 Å². The minimum atomic E-state index is -5.20. The summed E-state index contributed by atoms with van der Waals surface area (Å²) in [6.45, 7) is -3.35. The fourth-order valence-corrected chi connectivity index (χ4v) is 1.86. The SMILES string of the molecule is CC(C)CNC(=O)C=Cc1cc(OC(F)F)c(OC(F)F)c(C(F)(F)F)c1. The van der Waals surface area contributed by atoms with Crippen molar-refractivity contribution in [3.8, 4) is 11.5 Å². The lowest BCUT2D eigenvalue weighted by Gasteiger charge is -2.18. The standard InChI is InChI=1S/C16H16F7NO3/c1-8(2)7-24-12(25)4-3-9-5-10(16(21,22)23)13(27-15(19)20)11(6-9)26-14(17)18/h3-6,8,14-15H,7H2,1-2H3,(H,24,25). The van der Waals surface area contributed by atoms with Crippen molar-refractivity contribution in [2.24, 2.45) is 5.92 Å². The van der Waals surface area contributed by atoms with Gasteiger partial charge in [0, 0.05) is 12.6 Å². The third-order valence-corrected chi connectivity index (χ3v) is 2.92. The van der Waals surface area contributed by atoms with E-state index in [4.69, 9.17) is 0 Å². The number of nitrogens with one attached hydrogen (secondary N) is 1. The summed E-state index contributed by atoms with van der Waals surface area (Å²) in [4.78, 5) is 11.6. The highest BCUT2D eigenvalue weighted by Gasteiger charge is 2.38. The zero-order valence-electron chi connectivity index (χ0n) is 14.1. The molecule has 152 valence electrons. The van der Waals surface area contributed by atoms with Gasteiger partial charge in [-0.1, -0.05) is 13.8 Å². The molecule has 11 heteroatoms. The maximum absolute atomic E-state index is 13.1. The molecule has 0 radical (unpaired) electrons. The zero-order valence-corrected chi connectivity index (χ0v) is 14.1. The molecular weight excluding hydrogens is 387 g/mol. The first-order chi connectivity index (χ1) is 12.4. The van der Waals surface area contributed by atoms with Crippen LogP contribution in [-0.4, -0.2) is 25.7 Å². The van der Waals surface area contributed by atoms with Gasteiger partial charge >= 0.3 is 19.4 Å². The molecule has 0 aromatic heterocycles. The summed E-state index contributed by atoms with van der Waals surface area (Å²) in [5.41, 5.74) is -2.12. The van der Waals surface area contributed by atoms with Crippen LogP contribution in [0.4, 0.5) is 30.7 Å². The van der Waals surface area contributed by atoms with E-state index in [1.54, 1.807) is 0 Å². The Morgan fingerprint density at radius 3 is 2.19 bits per heavy atom. The predicted molar refractivity (Wildman–Crippen MR) is 81.6 cm³/mol. The average Bonchev–Trinajstić information content (AvgIpc) is 2.50. The van der Waals surface area contributed by atoms with Crippen molar-refractivity contribution in [3.63, 3.8) is 0 Å². The van der Waals surface area contributed by atoms with Gasteiger partial charge in [0.15, 0.2) is 11.5 Å². The number of hydrogen-bond acceptors (Lipinski definition) is 3. The quantitative estimate of drug-likeness (QED) is 0.506. The lowest BCUT2D eigenvalue weighted by Crippen LogP contribution is -2.25. The molecule has 0 fully saturated rings. The highest BCUT2D eigenvalue weighted by Crippen LogP contribution is 2.44. The normalized spacial score (nSPS) is 12.3. The summed E-state index contributed by atoms with van der Waals surface area (Å²) in [5, 5.41) is 2.46. The number of carbonyl (C=O) groups excluding carboxylic acids is 1. The monoisotopic (exact) mass is 403 g/mol. The van der Waals surface area contributed by atoms with Gasteiger partial charge in [0.2, 0.25) is 5.91 Å². The maximum Gasteiger partial charge on any atom is 0.420 e. The van der Waals surface area contributed by atoms with Gasteiger partial charge in [0.05, 0.1) is 0 Å². The molecule has 1 amide bonds. The zero-order chi connectivity index (χ0) is 20.8. The number of benzene rings is 1. The Morgan fingerprint density at radius 2 is 1.70 bits per heavy atom. The molecule has 0 atom stereocenters. The van der Waals surface area contributed by atoms with Crippen molar-refractivity contribution in [2.45, 2.75) is 33.2 Å². The first kappa shape index (κ1) is 22.6. The van der Waals surface area contributed by atoms with E-state index in [0.29, 0.717) is 18.7 Å². The van der Waals surface area contributed by atoms with Crippen LogP contribution in [0.25, 0.3) is 6.08 Å². The Balaban J connectivity index is 3.31. The van der Waals surface area contributed by atoms with Crippen LogP contribution in [0.5, 0.6) is 11.5 Å². The summed E-state index contributed by atoms with van der Waals surface area (Å²) >= 11 is 0. The fourth-order valence-electron chi connectivity index (χ4n) is 1.86. The molecule has 0 saturated carbocycles. The first-order valence-corrected chi connectivity index (χ1v) is 7.51. The fraction of sp³-hybridized carbons (Fsp3) is 0.438. The molecule has 0 aliphatic heterocycles. The van der Waals surface area contributed by atoms with Gasteiger partial charge in [-0.05, 0) is 29.7 Å². The molecule has 0 unspecified atom stereocenters. The molecule has 27 heavy (non-hydrogen) atoms. The van der Waals surface area contributed by atoms with E-state index in [1.165, 1.54) is 0 Å². The first-order valence-electron chi connectivity index (χ1n) is 7.51. The third kappa shape index (κ3) is 7.75. The molecule has 0 bridgehead atoms. The van der Waals surface area contributed by atoms with Crippen molar-refractivity contribution < 1.29 is 45.0 Å². The van der Waals surface area contributed by atoms with E-state index < -0.39 is 42.4 Å². The highest BCUT2D eigenvalue weighted by molar-refractivity contribution is 5.91. The number of alkyl halides is 7. The molecule has 0 saturated heterocycles. The summed E-state index contributed by atoms with van der Waals surface area (Å²) < 4.78 is 96.8. The third-order valence-electron chi connectivity index (χ3n) is 2.92. The van der Waals surface area contributed by atoms with Gasteiger partial charge in [-0.15, -0.1) is 0 Å². The van der Waals surface area contributed by atoms with Gasteiger partial charge in [0.25, 0.3) is 0 Å². The number of ether oxygens (including phenoxy) is 2. The van der Waals surface area contributed by atoms with Crippen LogP contribution in [-0.2, 0) is 11.0 Å². The van der Waals surface area contributed by atoms with E-state index >= 15 is 0 Å². The van der Waals surface area contributed by atoms with Crippen LogP contribution in [0.2, 0.25) is 0 Å². The molecule has 0 aliphatic rings. The van der Waals surface area contributed by atoms with Crippen molar-refractivity contribution in [1.29, 1.82) is 0 Å². The van der Waals surface area contributed by atoms with Crippen molar-refractivity contribution >= 4 is 12.0 Å². The Hall–Kier alpha value is -2.46. The number of halogens is 7. The van der Waals surface area contributed by atoms with Crippen LogP contribution < -0.4 is 14.8 Å². The van der Waals surface area contributed by atoms with E-state index in [1.807, 2.05) is 13.8 Å². The minimum absolute atomic E-state index is 0.121. The van der Waals surface area contributed by atoms with E-state index in [9.17, 15) is 35.5 Å². The molecule has 1 rings (SSSR count). The lowest BCUT2D eigenvalue weighted by molar-refractivity contribution is -0.143. The molecule has 1 aromatic carbocycles. The number of amides is 1. The van der Waals surface area contributed by atoms with Gasteiger partial charge in [-0.2, -0.15) is 30.7 Å². The Kier molecular flexibility index (Phi) is 7.92.